The minimum atomic E-state index is -4.97. The minimum absolute atomic E-state index is 0.0964. The lowest BCUT2D eigenvalue weighted by atomic mass is 9.97. The highest BCUT2D eigenvalue weighted by atomic mass is 19.4. The Kier molecular flexibility index (Phi) is 5.20. The first-order valence-electron chi connectivity index (χ1n) is 11.6. The number of halogens is 6. The maximum absolute atomic E-state index is 13.5. The molecule has 0 spiro atoms. The molecule has 0 fully saturated rings. The molecule has 0 atom stereocenters. The third-order valence-electron chi connectivity index (χ3n) is 6.93. The molecule has 6 rings (SSSR count). The number of carbonyl (C=O) groups is 2. The zero-order valence-corrected chi connectivity index (χ0v) is 20.0. The van der Waals surface area contributed by atoms with Gasteiger partial charge in [0.25, 0.3) is 11.8 Å². The molecule has 2 amide bonds. The number of hydrogen-bond acceptors (Lipinski definition) is 2. The number of nitrogens with zero attached hydrogens (tertiary/aromatic N) is 2. The van der Waals surface area contributed by atoms with Gasteiger partial charge in [-0.25, -0.2) is 0 Å². The second-order valence-electron chi connectivity index (χ2n) is 9.25. The Morgan fingerprint density at radius 2 is 1.26 bits per heavy atom. The summed E-state index contributed by atoms with van der Waals surface area (Å²) < 4.78 is 82.6. The molecule has 1 aliphatic heterocycles. The van der Waals surface area contributed by atoms with Crippen LogP contribution in [0.5, 0.6) is 0 Å². The molecule has 10 heteroatoms. The quantitative estimate of drug-likeness (QED) is 0.171. The molecular weight excluding hydrogens is 522 g/mol. The highest BCUT2D eigenvalue weighted by Crippen LogP contribution is 2.41. The van der Waals surface area contributed by atoms with Crippen LogP contribution in [0.15, 0.2) is 78.9 Å². The van der Waals surface area contributed by atoms with Gasteiger partial charge in [-0.1, -0.05) is 30.3 Å². The largest absolute Gasteiger partial charge is 0.416 e. The van der Waals surface area contributed by atoms with Crippen LogP contribution in [0.4, 0.5) is 26.3 Å². The lowest BCUT2D eigenvalue weighted by Gasteiger charge is -2.15. The van der Waals surface area contributed by atoms with Gasteiger partial charge in [-0.05, 0) is 59.7 Å². The number of para-hydroxylation sites is 1. The van der Waals surface area contributed by atoms with Crippen molar-refractivity contribution in [1.29, 1.82) is 0 Å². The summed E-state index contributed by atoms with van der Waals surface area (Å²) in [7, 11) is 1.39. The zero-order valence-electron chi connectivity index (χ0n) is 20.0. The van der Waals surface area contributed by atoms with Crippen molar-refractivity contribution >= 4 is 33.6 Å². The van der Waals surface area contributed by atoms with E-state index in [4.69, 9.17) is 0 Å². The molecule has 0 saturated carbocycles. The summed E-state index contributed by atoms with van der Waals surface area (Å²) in [5.74, 6) is -0.915. The van der Waals surface area contributed by atoms with E-state index in [9.17, 15) is 35.9 Å². The van der Waals surface area contributed by atoms with Crippen LogP contribution in [-0.4, -0.2) is 28.3 Å². The molecule has 2 heterocycles. The number of alkyl halides is 6. The summed E-state index contributed by atoms with van der Waals surface area (Å²) >= 11 is 0. The number of hydrogen-bond donors (Lipinski definition) is 0. The maximum Gasteiger partial charge on any atom is 0.416 e. The zero-order chi connectivity index (χ0) is 27.9. The minimum Gasteiger partial charge on any atom is -0.308 e. The van der Waals surface area contributed by atoms with Gasteiger partial charge < -0.3 is 4.57 Å². The number of fused-ring (bicyclic) bond motifs is 4. The van der Waals surface area contributed by atoms with Crippen LogP contribution in [0.2, 0.25) is 0 Å². The smallest absolute Gasteiger partial charge is 0.308 e. The van der Waals surface area contributed by atoms with Crippen LogP contribution in [0.3, 0.4) is 0 Å². The number of amides is 2. The summed E-state index contributed by atoms with van der Waals surface area (Å²) in [4.78, 5) is 26.6. The van der Waals surface area contributed by atoms with Gasteiger partial charge in [0.05, 0.1) is 39.0 Å². The topological polar surface area (TPSA) is 42.3 Å². The summed E-state index contributed by atoms with van der Waals surface area (Å²) in [5, 5.41) is 1.22. The summed E-state index contributed by atoms with van der Waals surface area (Å²) in [6, 6.07) is 18.0. The Hall–Kier alpha value is -4.60. The van der Waals surface area contributed by atoms with Crippen molar-refractivity contribution in [2.75, 3.05) is 7.05 Å². The third kappa shape index (κ3) is 3.77. The van der Waals surface area contributed by atoms with Crippen molar-refractivity contribution in [3.63, 3.8) is 0 Å². The van der Waals surface area contributed by atoms with E-state index in [-0.39, 0.29) is 28.3 Å². The van der Waals surface area contributed by atoms with Crippen LogP contribution in [-0.2, 0) is 12.4 Å². The standard InChI is InChI=1S/C29H16F6N2O2/c1-36-26(38)20-6-4-8-24(25(20)27(36)39)37-22-7-3-2-5-19(22)21-13-15(9-10-23(21)37)16-11-17(28(30,31)32)14-18(12-16)29(33,34)35/h2-14H,1H3. The van der Waals surface area contributed by atoms with Crippen molar-refractivity contribution in [2.24, 2.45) is 0 Å². The predicted octanol–water partition coefficient (Wildman–Crippen LogP) is 7.71. The third-order valence-corrected chi connectivity index (χ3v) is 6.93. The highest BCUT2D eigenvalue weighted by molar-refractivity contribution is 6.23. The molecule has 196 valence electrons. The second-order valence-corrected chi connectivity index (χ2v) is 9.25. The van der Waals surface area contributed by atoms with E-state index >= 15 is 0 Å². The van der Waals surface area contributed by atoms with Crippen LogP contribution in [0.25, 0.3) is 38.6 Å². The summed E-state index contributed by atoms with van der Waals surface area (Å²) in [6.07, 6.45) is -9.94. The molecule has 4 aromatic carbocycles. The normalized spacial score (nSPS) is 14.1. The van der Waals surface area contributed by atoms with Gasteiger partial charge in [0.1, 0.15) is 0 Å². The van der Waals surface area contributed by atoms with Crippen molar-refractivity contribution in [2.45, 2.75) is 12.4 Å². The number of imide groups is 1. The van der Waals surface area contributed by atoms with Gasteiger partial charge in [-0.3, -0.25) is 14.5 Å². The lowest BCUT2D eigenvalue weighted by molar-refractivity contribution is -0.143. The van der Waals surface area contributed by atoms with Gasteiger partial charge in [-0.2, -0.15) is 26.3 Å². The molecule has 0 N–H and O–H groups in total. The molecule has 5 aromatic rings. The SMILES string of the molecule is CN1C(=O)c2cccc(-n3c4ccccc4c4cc(-c5cc(C(F)(F)F)cc(C(F)(F)F)c5)ccc43)c2C1=O. The average molecular weight is 538 g/mol. The Balaban J connectivity index is 1.63. The Morgan fingerprint density at radius 3 is 1.92 bits per heavy atom. The van der Waals surface area contributed by atoms with Gasteiger partial charge >= 0.3 is 12.4 Å². The Labute approximate surface area is 216 Å². The van der Waals surface area contributed by atoms with Gasteiger partial charge in [0, 0.05) is 17.8 Å². The molecular formula is C29H16F6N2O2. The van der Waals surface area contributed by atoms with Gasteiger partial charge in [0.15, 0.2) is 0 Å². The molecule has 39 heavy (non-hydrogen) atoms. The Bertz CT molecular complexity index is 1820. The molecule has 0 unspecified atom stereocenters. The molecule has 0 saturated heterocycles. The van der Waals surface area contributed by atoms with Crippen LogP contribution >= 0.6 is 0 Å². The van der Waals surface area contributed by atoms with E-state index in [0.29, 0.717) is 39.6 Å². The first-order chi connectivity index (χ1) is 18.4. The van der Waals surface area contributed by atoms with Crippen LogP contribution in [0, 0.1) is 0 Å². The monoisotopic (exact) mass is 538 g/mol. The van der Waals surface area contributed by atoms with Crippen molar-refractivity contribution in [3.05, 3.63) is 101 Å². The number of rotatable bonds is 2. The fraction of sp³-hybridized carbons (Fsp3) is 0.103. The van der Waals surface area contributed by atoms with Crippen LogP contribution < -0.4 is 0 Å². The lowest BCUT2D eigenvalue weighted by Crippen LogP contribution is -2.24. The van der Waals surface area contributed by atoms with Crippen molar-refractivity contribution < 1.29 is 35.9 Å². The van der Waals surface area contributed by atoms with Crippen molar-refractivity contribution in [3.8, 4) is 16.8 Å². The fourth-order valence-corrected chi connectivity index (χ4v) is 5.10. The number of aromatic nitrogens is 1. The molecule has 1 aromatic heterocycles. The van der Waals surface area contributed by atoms with E-state index in [0.717, 1.165) is 4.90 Å². The molecule has 0 radical (unpaired) electrons. The Morgan fingerprint density at radius 1 is 0.615 bits per heavy atom. The number of carbonyl (C=O) groups excluding carboxylic acids is 2. The van der Waals surface area contributed by atoms with Crippen molar-refractivity contribution in [1.82, 2.24) is 9.47 Å². The first-order valence-corrected chi connectivity index (χ1v) is 11.6. The fourth-order valence-electron chi connectivity index (χ4n) is 5.10. The molecule has 4 nitrogen and oxygen atoms in total. The highest BCUT2D eigenvalue weighted by Gasteiger charge is 2.38. The number of benzene rings is 4. The van der Waals surface area contributed by atoms with Crippen LogP contribution in [0.1, 0.15) is 31.8 Å². The first kappa shape index (κ1) is 24.7. The summed E-state index contributed by atoms with van der Waals surface area (Å²) in [5.41, 5.74) is -0.781. The average Bonchev–Trinajstić information content (AvgIpc) is 3.34. The predicted molar refractivity (Wildman–Crippen MR) is 133 cm³/mol. The molecule has 1 aliphatic rings. The van der Waals surface area contributed by atoms with E-state index < -0.39 is 35.3 Å². The maximum atomic E-state index is 13.5. The van der Waals surface area contributed by atoms with E-state index in [2.05, 4.69) is 0 Å². The second kappa shape index (κ2) is 8.20. The molecule has 0 bridgehead atoms. The van der Waals surface area contributed by atoms with E-state index in [1.165, 1.54) is 19.2 Å². The molecule has 0 aliphatic carbocycles. The van der Waals surface area contributed by atoms with E-state index in [1.54, 1.807) is 53.1 Å². The van der Waals surface area contributed by atoms with Gasteiger partial charge in [0.2, 0.25) is 0 Å². The van der Waals surface area contributed by atoms with E-state index in [1.807, 2.05) is 0 Å². The van der Waals surface area contributed by atoms with Gasteiger partial charge in [-0.15, -0.1) is 0 Å². The summed E-state index contributed by atoms with van der Waals surface area (Å²) in [6.45, 7) is 0.